The maximum Gasteiger partial charge on any atom is 0.227 e. The minimum Gasteiger partial charge on any atom is -0.497 e. The van der Waals surface area contributed by atoms with Gasteiger partial charge in [-0.25, -0.2) is 0 Å². The van der Waals surface area contributed by atoms with Crippen LogP contribution in [0.4, 0.5) is 0 Å². The summed E-state index contributed by atoms with van der Waals surface area (Å²) in [6.07, 6.45) is 1.46. The molecule has 0 aliphatic rings. The molecule has 2 aromatic rings. The van der Waals surface area contributed by atoms with Gasteiger partial charge in [-0.2, -0.15) is 0 Å². The van der Waals surface area contributed by atoms with E-state index in [1.807, 2.05) is 54.6 Å². The van der Waals surface area contributed by atoms with E-state index in [-0.39, 0.29) is 11.8 Å². The summed E-state index contributed by atoms with van der Waals surface area (Å²) in [5, 5.41) is 3.01. The van der Waals surface area contributed by atoms with E-state index in [0.29, 0.717) is 19.6 Å². The first-order chi connectivity index (χ1) is 11.7. The van der Waals surface area contributed by atoms with Crippen molar-refractivity contribution in [2.45, 2.75) is 18.8 Å². The van der Waals surface area contributed by atoms with Gasteiger partial charge in [0.25, 0.3) is 0 Å². The SMILES string of the molecule is COCCCNC(=O)C(Cc1ccccc1)c1cccc(OC)c1. The maximum absolute atomic E-state index is 12.7. The van der Waals surface area contributed by atoms with Crippen molar-refractivity contribution in [3.63, 3.8) is 0 Å². The van der Waals surface area contributed by atoms with Gasteiger partial charge in [0.1, 0.15) is 5.75 Å². The number of carbonyl (C=O) groups excluding carboxylic acids is 1. The van der Waals surface area contributed by atoms with E-state index in [9.17, 15) is 4.79 Å². The van der Waals surface area contributed by atoms with Crippen LogP contribution in [-0.4, -0.2) is 33.3 Å². The quantitative estimate of drug-likeness (QED) is 0.720. The summed E-state index contributed by atoms with van der Waals surface area (Å²) in [4.78, 5) is 12.7. The van der Waals surface area contributed by atoms with Gasteiger partial charge in [0.15, 0.2) is 0 Å². The summed E-state index contributed by atoms with van der Waals surface area (Å²) in [7, 11) is 3.30. The highest BCUT2D eigenvalue weighted by molar-refractivity contribution is 5.84. The first-order valence-corrected chi connectivity index (χ1v) is 8.19. The van der Waals surface area contributed by atoms with Crippen molar-refractivity contribution in [1.29, 1.82) is 0 Å². The van der Waals surface area contributed by atoms with Crippen molar-refractivity contribution in [2.24, 2.45) is 0 Å². The third-order valence-corrected chi connectivity index (χ3v) is 3.92. The normalized spacial score (nSPS) is 11.8. The van der Waals surface area contributed by atoms with Crippen LogP contribution in [0.2, 0.25) is 0 Å². The van der Waals surface area contributed by atoms with E-state index in [2.05, 4.69) is 5.32 Å². The molecule has 1 atom stereocenters. The van der Waals surface area contributed by atoms with Crippen LogP contribution in [0.25, 0.3) is 0 Å². The molecule has 2 rings (SSSR count). The lowest BCUT2D eigenvalue weighted by atomic mass is 9.91. The van der Waals surface area contributed by atoms with Crippen LogP contribution < -0.4 is 10.1 Å². The van der Waals surface area contributed by atoms with Gasteiger partial charge in [-0.05, 0) is 36.1 Å². The first-order valence-electron chi connectivity index (χ1n) is 8.19. The molecule has 4 nitrogen and oxygen atoms in total. The minimum atomic E-state index is -0.245. The van der Waals surface area contributed by atoms with Gasteiger partial charge in [-0.3, -0.25) is 4.79 Å². The average Bonchev–Trinajstić information content (AvgIpc) is 2.64. The lowest BCUT2D eigenvalue weighted by Gasteiger charge is -2.18. The highest BCUT2D eigenvalue weighted by Crippen LogP contribution is 2.25. The van der Waals surface area contributed by atoms with Crippen LogP contribution >= 0.6 is 0 Å². The second-order valence-corrected chi connectivity index (χ2v) is 5.66. The summed E-state index contributed by atoms with van der Waals surface area (Å²) < 4.78 is 10.3. The molecule has 4 heteroatoms. The van der Waals surface area contributed by atoms with E-state index < -0.39 is 0 Å². The molecular weight excluding hydrogens is 302 g/mol. The van der Waals surface area contributed by atoms with Gasteiger partial charge >= 0.3 is 0 Å². The molecule has 0 aliphatic carbocycles. The lowest BCUT2D eigenvalue weighted by Crippen LogP contribution is -2.31. The van der Waals surface area contributed by atoms with E-state index >= 15 is 0 Å². The van der Waals surface area contributed by atoms with E-state index in [4.69, 9.17) is 9.47 Å². The molecule has 0 fully saturated rings. The molecule has 0 radical (unpaired) electrons. The number of methoxy groups -OCH3 is 2. The standard InChI is InChI=1S/C20H25NO3/c1-23-13-7-12-21-20(22)19(14-16-8-4-3-5-9-16)17-10-6-11-18(15-17)24-2/h3-6,8-11,15,19H,7,12-14H2,1-2H3,(H,21,22). The summed E-state index contributed by atoms with van der Waals surface area (Å²) in [6, 6.07) is 17.8. The fourth-order valence-corrected chi connectivity index (χ4v) is 2.62. The third-order valence-electron chi connectivity index (χ3n) is 3.92. The second kappa shape index (κ2) is 9.73. The highest BCUT2D eigenvalue weighted by atomic mass is 16.5. The predicted octanol–water partition coefficient (Wildman–Crippen LogP) is 3.17. The summed E-state index contributed by atoms with van der Waals surface area (Å²) in [5.41, 5.74) is 2.10. The smallest absolute Gasteiger partial charge is 0.227 e. The number of ether oxygens (including phenoxy) is 2. The zero-order valence-corrected chi connectivity index (χ0v) is 14.3. The van der Waals surface area contributed by atoms with Crippen molar-refractivity contribution in [1.82, 2.24) is 5.32 Å². The molecule has 2 aromatic carbocycles. The van der Waals surface area contributed by atoms with E-state index in [1.54, 1.807) is 14.2 Å². The molecular formula is C20H25NO3. The Bertz CT molecular complexity index is 628. The van der Waals surface area contributed by atoms with Gasteiger partial charge in [0.05, 0.1) is 13.0 Å². The van der Waals surface area contributed by atoms with Crippen LogP contribution in [-0.2, 0) is 16.0 Å². The van der Waals surface area contributed by atoms with Crippen LogP contribution in [0.5, 0.6) is 5.75 Å². The Kier molecular flexibility index (Phi) is 7.30. The average molecular weight is 327 g/mol. The van der Waals surface area contributed by atoms with Crippen LogP contribution in [0.1, 0.15) is 23.5 Å². The van der Waals surface area contributed by atoms with Crippen LogP contribution in [0.3, 0.4) is 0 Å². The molecule has 0 aromatic heterocycles. The van der Waals surface area contributed by atoms with Gasteiger partial charge in [0, 0.05) is 20.3 Å². The minimum absolute atomic E-state index is 0.0307. The zero-order chi connectivity index (χ0) is 17.2. The monoisotopic (exact) mass is 327 g/mol. The molecule has 0 spiro atoms. The Balaban J connectivity index is 2.15. The number of nitrogens with one attached hydrogen (secondary N) is 1. The molecule has 128 valence electrons. The molecule has 0 saturated carbocycles. The number of amides is 1. The van der Waals surface area contributed by atoms with Crippen LogP contribution in [0, 0.1) is 0 Å². The summed E-state index contributed by atoms with van der Waals surface area (Å²) in [6.45, 7) is 1.25. The molecule has 0 heterocycles. The second-order valence-electron chi connectivity index (χ2n) is 5.66. The van der Waals surface area contributed by atoms with Gasteiger partial charge < -0.3 is 14.8 Å². The number of benzene rings is 2. The Morgan fingerprint density at radius 2 is 1.88 bits per heavy atom. The number of hydrogen-bond acceptors (Lipinski definition) is 3. The number of rotatable bonds is 9. The summed E-state index contributed by atoms with van der Waals surface area (Å²) >= 11 is 0. The Hall–Kier alpha value is -2.33. The molecule has 24 heavy (non-hydrogen) atoms. The molecule has 0 saturated heterocycles. The molecule has 0 bridgehead atoms. The third kappa shape index (κ3) is 5.39. The zero-order valence-electron chi connectivity index (χ0n) is 14.3. The van der Waals surface area contributed by atoms with Crippen molar-refractivity contribution < 1.29 is 14.3 Å². The van der Waals surface area contributed by atoms with E-state index in [0.717, 1.165) is 23.3 Å². The first kappa shape index (κ1) is 18.0. The van der Waals surface area contributed by atoms with Crippen molar-refractivity contribution in [2.75, 3.05) is 27.4 Å². The Morgan fingerprint density at radius 3 is 2.58 bits per heavy atom. The molecule has 1 amide bonds. The largest absolute Gasteiger partial charge is 0.497 e. The van der Waals surface area contributed by atoms with E-state index in [1.165, 1.54) is 0 Å². The predicted molar refractivity (Wildman–Crippen MR) is 95.4 cm³/mol. The highest BCUT2D eigenvalue weighted by Gasteiger charge is 2.21. The fourth-order valence-electron chi connectivity index (χ4n) is 2.62. The van der Waals surface area contributed by atoms with Gasteiger partial charge in [-0.1, -0.05) is 42.5 Å². The van der Waals surface area contributed by atoms with Crippen LogP contribution in [0.15, 0.2) is 54.6 Å². The molecule has 1 unspecified atom stereocenters. The Labute approximate surface area is 143 Å². The lowest BCUT2D eigenvalue weighted by molar-refractivity contribution is -0.122. The summed E-state index contributed by atoms with van der Waals surface area (Å²) in [5.74, 6) is 0.547. The van der Waals surface area contributed by atoms with Crippen molar-refractivity contribution in [3.8, 4) is 5.75 Å². The fraction of sp³-hybridized carbons (Fsp3) is 0.350. The van der Waals surface area contributed by atoms with Crippen molar-refractivity contribution >= 4 is 5.91 Å². The number of carbonyl (C=O) groups is 1. The molecule has 0 aliphatic heterocycles. The number of hydrogen-bond donors (Lipinski definition) is 1. The van der Waals surface area contributed by atoms with Gasteiger partial charge in [-0.15, -0.1) is 0 Å². The topological polar surface area (TPSA) is 47.6 Å². The maximum atomic E-state index is 12.7. The molecule has 1 N–H and O–H groups in total. The Morgan fingerprint density at radius 1 is 1.08 bits per heavy atom. The van der Waals surface area contributed by atoms with Gasteiger partial charge in [0.2, 0.25) is 5.91 Å². The van der Waals surface area contributed by atoms with Crippen molar-refractivity contribution in [3.05, 3.63) is 65.7 Å².